The molecular weight excluding hydrogens is 204 g/mol. The summed E-state index contributed by atoms with van der Waals surface area (Å²) in [6.45, 7) is 5.95. The Bertz CT molecular complexity index is 348. The van der Waals surface area contributed by atoms with Gasteiger partial charge in [0.15, 0.2) is 0 Å². The average molecular weight is 224 g/mol. The van der Waals surface area contributed by atoms with E-state index in [1.807, 2.05) is 13.8 Å². The molecule has 0 fully saturated rings. The van der Waals surface area contributed by atoms with Crippen LogP contribution in [0.3, 0.4) is 0 Å². The summed E-state index contributed by atoms with van der Waals surface area (Å²) in [6, 6.07) is 1.73. The third-order valence-corrected chi connectivity index (χ3v) is 2.54. The van der Waals surface area contributed by atoms with E-state index in [4.69, 9.17) is 5.73 Å². The topological polar surface area (TPSA) is 64.2 Å². The average Bonchev–Trinajstić information content (AvgIpc) is 2.71. The fourth-order valence-corrected chi connectivity index (χ4v) is 1.50. The number of aromatic nitrogens is 2. The van der Waals surface area contributed by atoms with Crippen molar-refractivity contribution >= 4 is 5.91 Å². The van der Waals surface area contributed by atoms with Gasteiger partial charge in [-0.1, -0.05) is 6.92 Å². The second kappa shape index (κ2) is 5.65. The zero-order valence-electron chi connectivity index (χ0n) is 10.2. The minimum Gasteiger partial charge on any atom is -0.337 e. The van der Waals surface area contributed by atoms with Gasteiger partial charge in [-0.05, 0) is 25.5 Å². The lowest BCUT2D eigenvalue weighted by atomic mass is 10.1. The normalized spacial score (nSPS) is 12.5. The van der Waals surface area contributed by atoms with Crippen molar-refractivity contribution in [2.24, 2.45) is 18.7 Å². The van der Waals surface area contributed by atoms with Crippen LogP contribution >= 0.6 is 0 Å². The molecule has 5 heteroatoms. The van der Waals surface area contributed by atoms with Crippen molar-refractivity contribution in [3.63, 3.8) is 0 Å². The van der Waals surface area contributed by atoms with Crippen molar-refractivity contribution < 1.29 is 4.79 Å². The molecule has 16 heavy (non-hydrogen) atoms. The van der Waals surface area contributed by atoms with Crippen molar-refractivity contribution in [1.29, 1.82) is 0 Å². The van der Waals surface area contributed by atoms with Crippen LogP contribution < -0.4 is 5.73 Å². The van der Waals surface area contributed by atoms with Gasteiger partial charge in [0.05, 0.1) is 0 Å². The van der Waals surface area contributed by atoms with E-state index in [1.54, 1.807) is 28.9 Å². The molecule has 0 aliphatic carbocycles. The second-order valence-electron chi connectivity index (χ2n) is 4.06. The van der Waals surface area contributed by atoms with Crippen LogP contribution in [-0.4, -0.2) is 40.2 Å². The summed E-state index contributed by atoms with van der Waals surface area (Å²) in [7, 11) is 1.80. The summed E-state index contributed by atoms with van der Waals surface area (Å²) in [4.78, 5) is 13.8. The highest BCUT2D eigenvalue weighted by Gasteiger charge is 2.18. The van der Waals surface area contributed by atoms with Gasteiger partial charge in [0.25, 0.3) is 5.91 Å². The number of nitrogens with two attached hydrogens (primary N) is 1. The first-order valence-corrected chi connectivity index (χ1v) is 5.57. The molecule has 0 aliphatic rings. The molecule has 1 amide bonds. The molecular formula is C11H20N4O. The Hall–Kier alpha value is -1.36. The van der Waals surface area contributed by atoms with Crippen LogP contribution in [0.4, 0.5) is 0 Å². The van der Waals surface area contributed by atoms with Crippen molar-refractivity contribution in [2.45, 2.75) is 13.8 Å². The van der Waals surface area contributed by atoms with Crippen LogP contribution in [-0.2, 0) is 7.05 Å². The molecule has 0 saturated heterocycles. The number of aryl methyl sites for hydroxylation is 1. The highest BCUT2D eigenvalue weighted by atomic mass is 16.2. The second-order valence-corrected chi connectivity index (χ2v) is 4.06. The summed E-state index contributed by atoms with van der Waals surface area (Å²) in [5.74, 6) is 0.288. The predicted molar refractivity (Wildman–Crippen MR) is 63.0 cm³/mol. The van der Waals surface area contributed by atoms with Crippen molar-refractivity contribution in [3.8, 4) is 0 Å². The van der Waals surface area contributed by atoms with Gasteiger partial charge in [0, 0.05) is 26.3 Å². The summed E-state index contributed by atoms with van der Waals surface area (Å²) in [6.07, 6.45) is 1.77. The van der Waals surface area contributed by atoms with Gasteiger partial charge in [-0.25, -0.2) is 0 Å². The van der Waals surface area contributed by atoms with E-state index in [9.17, 15) is 4.79 Å². The van der Waals surface area contributed by atoms with E-state index in [1.165, 1.54) is 0 Å². The third-order valence-electron chi connectivity index (χ3n) is 2.54. The molecule has 90 valence electrons. The number of hydrogen-bond donors (Lipinski definition) is 1. The standard InChI is InChI=1S/C11H20N4O/c1-4-15(8-9(2)7-12)11(16)10-5-6-14(3)13-10/h5-6,9H,4,7-8,12H2,1-3H3. The Morgan fingerprint density at radius 2 is 2.38 bits per heavy atom. The van der Waals surface area contributed by atoms with Crippen LogP contribution in [0, 0.1) is 5.92 Å². The maximum atomic E-state index is 12.0. The van der Waals surface area contributed by atoms with E-state index < -0.39 is 0 Å². The minimum atomic E-state index is -0.0246. The molecule has 5 nitrogen and oxygen atoms in total. The zero-order chi connectivity index (χ0) is 12.1. The molecule has 1 rings (SSSR count). The van der Waals surface area contributed by atoms with Gasteiger partial charge in [-0.3, -0.25) is 9.48 Å². The van der Waals surface area contributed by atoms with Gasteiger partial charge in [0.1, 0.15) is 5.69 Å². The molecule has 1 aromatic rings. The number of carbonyl (C=O) groups excluding carboxylic acids is 1. The number of hydrogen-bond acceptors (Lipinski definition) is 3. The Morgan fingerprint density at radius 3 is 2.81 bits per heavy atom. The lowest BCUT2D eigenvalue weighted by Gasteiger charge is -2.23. The van der Waals surface area contributed by atoms with Gasteiger partial charge in [-0.2, -0.15) is 5.10 Å². The van der Waals surface area contributed by atoms with Crippen LogP contribution in [0.2, 0.25) is 0 Å². The van der Waals surface area contributed by atoms with E-state index in [0.29, 0.717) is 31.2 Å². The van der Waals surface area contributed by atoms with Crippen LogP contribution in [0.15, 0.2) is 12.3 Å². The molecule has 1 heterocycles. The first kappa shape index (κ1) is 12.7. The van der Waals surface area contributed by atoms with Gasteiger partial charge in [-0.15, -0.1) is 0 Å². The predicted octanol–water partition coefficient (Wildman–Crippen LogP) is 0.477. The number of nitrogens with zero attached hydrogens (tertiary/aromatic N) is 3. The van der Waals surface area contributed by atoms with E-state index in [2.05, 4.69) is 5.10 Å². The molecule has 0 saturated carbocycles. The monoisotopic (exact) mass is 224 g/mol. The number of carbonyl (C=O) groups is 1. The highest BCUT2D eigenvalue weighted by molar-refractivity contribution is 5.92. The maximum absolute atomic E-state index is 12.0. The SMILES string of the molecule is CCN(CC(C)CN)C(=O)c1ccn(C)n1. The molecule has 0 bridgehead atoms. The molecule has 0 aliphatic heterocycles. The fourth-order valence-electron chi connectivity index (χ4n) is 1.50. The maximum Gasteiger partial charge on any atom is 0.274 e. The largest absolute Gasteiger partial charge is 0.337 e. The molecule has 1 aromatic heterocycles. The van der Waals surface area contributed by atoms with E-state index in [0.717, 1.165) is 0 Å². The van der Waals surface area contributed by atoms with Crippen molar-refractivity contribution in [1.82, 2.24) is 14.7 Å². The van der Waals surface area contributed by atoms with Gasteiger partial charge in [0.2, 0.25) is 0 Å². The Morgan fingerprint density at radius 1 is 1.69 bits per heavy atom. The third kappa shape index (κ3) is 3.06. The van der Waals surface area contributed by atoms with Crippen LogP contribution in [0.1, 0.15) is 24.3 Å². The summed E-state index contributed by atoms with van der Waals surface area (Å²) in [5, 5.41) is 4.11. The summed E-state index contributed by atoms with van der Waals surface area (Å²) in [5.41, 5.74) is 6.05. The Kier molecular flexibility index (Phi) is 4.49. The van der Waals surface area contributed by atoms with Crippen LogP contribution in [0.25, 0.3) is 0 Å². The lowest BCUT2D eigenvalue weighted by molar-refractivity contribution is 0.0737. The zero-order valence-corrected chi connectivity index (χ0v) is 10.2. The highest BCUT2D eigenvalue weighted by Crippen LogP contribution is 2.05. The Balaban J connectivity index is 2.69. The molecule has 0 spiro atoms. The van der Waals surface area contributed by atoms with E-state index >= 15 is 0 Å². The smallest absolute Gasteiger partial charge is 0.274 e. The van der Waals surface area contributed by atoms with Crippen molar-refractivity contribution in [2.75, 3.05) is 19.6 Å². The molecule has 0 radical (unpaired) electrons. The summed E-state index contributed by atoms with van der Waals surface area (Å²) >= 11 is 0. The Labute approximate surface area is 96.2 Å². The molecule has 1 unspecified atom stereocenters. The lowest BCUT2D eigenvalue weighted by Crippen LogP contribution is -2.36. The van der Waals surface area contributed by atoms with Crippen molar-refractivity contribution in [3.05, 3.63) is 18.0 Å². The minimum absolute atomic E-state index is 0.0246. The molecule has 2 N–H and O–H groups in total. The first-order chi connectivity index (χ1) is 7.58. The number of amides is 1. The molecule has 1 atom stereocenters. The van der Waals surface area contributed by atoms with Gasteiger partial charge >= 0.3 is 0 Å². The van der Waals surface area contributed by atoms with Gasteiger partial charge < -0.3 is 10.6 Å². The quantitative estimate of drug-likeness (QED) is 0.791. The first-order valence-electron chi connectivity index (χ1n) is 5.57. The van der Waals surface area contributed by atoms with Crippen LogP contribution in [0.5, 0.6) is 0 Å². The van der Waals surface area contributed by atoms with E-state index in [-0.39, 0.29) is 5.91 Å². The summed E-state index contributed by atoms with van der Waals surface area (Å²) < 4.78 is 1.63. The molecule has 0 aromatic carbocycles. The number of rotatable bonds is 5. The fraction of sp³-hybridized carbons (Fsp3) is 0.636.